The van der Waals surface area contributed by atoms with E-state index in [4.69, 9.17) is 9.47 Å². The van der Waals surface area contributed by atoms with Crippen LogP contribution in [0.1, 0.15) is 90.7 Å². The van der Waals surface area contributed by atoms with Crippen LogP contribution in [0.15, 0.2) is 46.5 Å². The molecular formula is C35H50N2O6S. The summed E-state index contributed by atoms with van der Waals surface area (Å²) in [7, 11) is 0. The molecule has 9 heteroatoms. The summed E-state index contributed by atoms with van der Waals surface area (Å²) in [6.07, 6.45) is 7.54. The number of thioether (sulfide) groups is 1. The zero-order valence-electron chi connectivity index (χ0n) is 27.2. The molecule has 1 unspecified atom stereocenters. The summed E-state index contributed by atoms with van der Waals surface area (Å²) in [5.74, 6) is -0.138. The number of benzene rings is 1. The molecule has 1 fully saturated rings. The molecule has 0 bridgehead atoms. The van der Waals surface area contributed by atoms with Crippen molar-refractivity contribution in [3.05, 3.63) is 57.7 Å². The molecular weight excluding hydrogens is 576 g/mol. The Bertz CT molecular complexity index is 1300. The van der Waals surface area contributed by atoms with E-state index >= 15 is 0 Å². The molecule has 0 spiro atoms. The van der Waals surface area contributed by atoms with E-state index in [1.807, 2.05) is 19.9 Å². The number of carbonyl (C=O) groups excluding carboxylic acids is 2. The van der Waals surface area contributed by atoms with Crippen LogP contribution in [-0.4, -0.2) is 58.3 Å². The van der Waals surface area contributed by atoms with E-state index in [0.717, 1.165) is 55.2 Å². The second-order valence-electron chi connectivity index (χ2n) is 13.0. The third-order valence-electron chi connectivity index (χ3n) is 8.69. The highest BCUT2D eigenvalue weighted by Gasteiger charge is 2.57. The summed E-state index contributed by atoms with van der Waals surface area (Å²) in [4.78, 5) is 28.1. The van der Waals surface area contributed by atoms with Crippen molar-refractivity contribution in [1.82, 2.24) is 10.2 Å². The number of unbranched alkanes of at least 4 members (excludes halogenated alkanes) is 2. The van der Waals surface area contributed by atoms with Gasteiger partial charge in [-0.15, -0.1) is 11.8 Å². The number of phenols is 1. The maximum absolute atomic E-state index is 13.1. The average molecular weight is 627 g/mol. The van der Waals surface area contributed by atoms with Gasteiger partial charge in [-0.3, -0.25) is 15.0 Å². The molecule has 1 aromatic carbocycles. The number of nitrogens with one attached hydrogen (secondary N) is 1. The smallest absolute Gasteiger partial charge is 0.355 e. The lowest BCUT2D eigenvalue weighted by atomic mass is 9.73. The largest absolute Gasteiger partial charge is 0.507 e. The van der Waals surface area contributed by atoms with Gasteiger partial charge in [0, 0.05) is 22.9 Å². The third-order valence-corrected chi connectivity index (χ3v) is 10.1. The molecule has 1 aliphatic carbocycles. The summed E-state index contributed by atoms with van der Waals surface area (Å²) in [5.41, 5.74) is 4.44. The number of aliphatic hydroxyl groups excluding tert-OH is 1. The highest BCUT2D eigenvalue weighted by atomic mass is 32.2. The Balaban J connectivity index is 1.55. The van der Waals surface area contributed by atoms with Crippen molar-refractivity contribution in [2.45, 2.75) is 97.5 Å². The molecule has 44 heavy (non-hydrogen) atoms. The molecule has 3 N–H and O–H groups in total. The van der Waals surface area contributed by atoms with Gasteiger partial charge < -0.3 is 19.7 Å². The molecule has 5 atom stereocenters. The second-order valence-corrected chi connectivity index (χ2v) is 14.2. The Morgan fingerprint density at radius 3 is 2.66 bits per heavy atom. The lowest BCUT2D eigenvalue weighted by Crippen LogP contribution is -2.60. The van der Waals surface area contributed by atoms with Gasteiger partial charge in [0.1, 0.15) is 29.3 Å². The Kier molecular flexibility index (Phi) is 11.7. The van der Waals surface area contributed by atoms with E-state index in [9.17, 15) is 19.8 Å². The van der Waals surface area contributed by atoms with Crippen molar-refractivity contribution < 1.29 is 29.3 Å². The first-order valence-corrected chi connectivity index (χ1v) is 16.9. The first-order chi connectivity index (χ1) is 20.9. The van der Waals surface area contributed by atoms with Crippen LogP contribution in [0.2, 0.25) is 0 Å². The number of hydrogen-bond donors (Lipinski definition) is 3. The van der Waals surface area contributed by atoms with E-state index in [1.54, 1.807) is 6.92 Å². The Labute approximate surface area is 266 Å². The quantitative estimate of drug-likeness (QED) is 0.0676. The van der Waals surface area contributed by atoms with Gasteiger partial charge in [0.05, 0.1) is 18.6 Å². The zero-order valence-corrected chi connectivity index (χ0v) is 28.0. The van der Waals surface area contributed by atoms with Crippen LogP contribution in [-0.2, 0) is 20.7 Å². The third kappa shape index (κ3) is 7.54. The van der Waals surface area contributed by atoms with E-state index < -0.39 is 18.0 Å². The van der Waals surface area contributed by atoms with Crippen LogP contribution < -0.4 is 10.1 Å². The Morgan fingerprint density at radius 1 is 1.25 bits per heavy atom. The number of aliphatic hydroxyl groups is 1. The lowest BCUT2D eigenvalue weighted by molar-refractivity contribution is -0.158. The van der Waals surface area contributed by atoms with Crippen molar-refractivity contribution in [3.8, 4) is 11.5 Å². The van der Waals surface area contributed by atoms with Gasteiger partial charge in [-0.2, -0.15) is 0 Å². The molecule has 1 aromatic rings. The number of nitrogens with zero attached hydrogens (tertiary/aromatic N) is 1. The average Bonchev–Trinajstić information content (AvgIpc) is 3.27. The number of β-lactam (4-membered cyclic amide) rings is 1. The number of aromatic hydroxyl groups is 1. The van der Waals surface area contributed by atoms with Crippen LogP contribution in [0.5, 0.6) is 11.5 Å². The monoisotopic (exact) mass is 626 g/mol. The van der Waals surface area contributed by atoms with Crippen LogP contribution >= 0.6 is 11.8 Å². The number of fused-ring (bicyclic) bond motifs is 1. The molecule has 1 amide bonds. The van der Waals surface area contributed by atoms with Gasteiger partial charge in [-0.25, -0.2) is 4.79 Å². The van der Waals surface area contributed by atoms with E-state index in [0.29, 0.717) is 10.7 Å². The fourth-order valence-electron chi connectivity index (χ4n) is 6.32. The summed E-state index contributed by atoms with van der Waals surface area (Å²) in [5, 5.41) is 24.5. The molecule has 0 saturated carbocycles. The first kappa shape index (κ1) is 34.1. The molecule has 2 heterocycles. The van der Waals surface area contributed by atoms with Gasteiger partial charge in [-0.05, 0) is 76.0 Å². The van der Waals surface area contributed by atoms with Crippen LogP contribution in [0.25, 0.3) is 0 Å². The van der Waals surface area contributed by atoms with Crippen LogP contribution in [0, 0.1) is 17.8 Å². The number of amides is 1. The predicted octanol–water partition coefficient (Wildman–Crippen LogP) is 6.39. The van der Waals surface area contributed by atoms with Crippen molar-refractivity contribution in [2.75, 3.05) is 19.9 Å². The first-order valence-electron chi connectivity index (χ1n) is 16.0. The maximum atomic E-state index is 13.1. The molecule has 1 saturated heterocycles. The molecule has 242 valence electrons. The number of aryl methyl sites for hydroxylation is 1. The van der Waals surface area contributed by atoms with Crippen LogP contribution in [0.4, 0.5) is 0 Å². The fourth-order valence-corrected chi connectivity index (χ4v) is 7.90. The fraction of sp³-hybridized carbons (Fsp3) is 0.600. The zero-order chi connectivity index (χ0) is 32.1. The summed E-state index contributed by atoms with van der Waals surface area (Å²) < 4.78 is 11.9. The number of hydrogen-bond acceptors (Lipinski definition) is 8. The minimum Gasteiger partial charge on any atom is -0.507 e. The van der Waals surface area contributed by atoms with Gasteiger partial charge in [0.15, 0.2) is 0 Å². The van der Waals surface area contributed by atoms with Crippen molar-refractivity contribution in [1.29, 1.82) is 0 Å². The van der Waals surface area contributed by atoms with Gasteiger partial charge in [0.2, 0.25) is 5.91 Å². The normalized spacial score (nSPS) is 23.8. The van der Waals surface area contributed by atoms with Crippen molar-refractivity contribution in [2.24, 2.45) is 17.8 Å². The Hall–Kier alpha value is -2.75. The van der Waals surface area contributed by atoms with Gasteiger partial charge in [0.25, 0.3) is 0 Å². The van der Waals surface area contributed by atoms with E-state index in [-0.39, 0.29) is 60.4 Å². The number of allylic oxidation sites excluding steroid dienone is 3. The number of carbonyl (C=O) groups is 2. The number of esters is 1. The molecule has 3 aliphatic rings. The van der Waals surface area contributed by atoms with Gasteiger partial charge in [-0.1, -0.05) is 57.4 Å². The summed E-state index contributed by atoms with van der Waals surface area (Å²) in [6.45, 7) is 16.8. The number of rotatable bonds is 15. The molecule has 4 rings (SSSR count). The minimum absolute atomic E-state index is 0.0387. The number of phenolic OH excluding ortho intramolecular Hbond substituents is 1. The van der Waals surface area contributed by atoms with Crippen molar-refractivity contribution >= 4 is 23.6 Å². The minimum atomic E-state index is -0.809. The molecule has 8 nitrogen and oxygen atoms in total. The van der Waals surface area contributed by atoms with E-state index in [2.05, 4.69) is 44.8 Å². The molecule has 2 aliphatic heterocycles. The SMILES string of the molecule is C=C(C)[C@@H]1CCC(C)=C[C@H]1c1c(O)cc(CCCCC)cc1OCNCC1=C(C(=O)OCC(C)C)N2C(=O)[C@H]([C@@H](C)O)C2S1. The van der Waals surface area contributed by atoms with Gasteiger partial charge >= 0.3 is 5.97 Å². The summed E-state index contributed by atoms with van der Waals surface area (Å²) >= 11 is 1.41. The molecule has 0 radical (unpaired) electrons. The highest BCUT2D eigenvalue weighted by molar-refractivity contribution is 8.04. The number of ether oxygens (including phenoxy) is 2. The maximum Gasteiger partial charge on any atom is 0.355 e. The summed E-state index contributed by atoms with van der Waals surface area (Å²) in [6, 6.07) is 3.93. The standard InChI is InChI=1S/C35H50N2O6S/c1-8-9-10-11-24-15-27(39)31(26-14-22(6)12-13-25(26)21(4)5)28(16-24)43-19-36-17-29-32(35(41)42-18-20(2)3)37-33(40)30(23(7)38)34(37)44-29/h14-16,20,23,25-26,30,34,36,38-39H,4,8-13,17-19H2,1-3,5-7H3/t23-,25+,26-,30+,34?/m1/s1. The van der Waals surface area contributed by atoms with Crippen LogP contribution in [0.3, 0.4) is 0 Å². The molecule has 0 aromatic heterocycles. The Morgan fingerprint density at radius 2 is 2.00 bits per heavy atom. The lowest BCUT2D eigenvalue weighted by Gasteiger charge is -2.43. The highest BCUT2D eigenvalue weighted by Crippen LogP contribution is 2.50. The topological polar surface area (TPSA) is 108 Å². The van der Waals surface area contributed by atoms with E-state index in [1.165, 1.54) is 22.2 Å². The second kappa shape index (κ2) is 15.0. The van der Waals surface area contributed by atoms with Crippen molar-refractivity contribution in [3.63, 3.8) is 0 Å². The predicted molar refractivity (Wildman–Crippen MR) is 175 cm³/mol.